The Balaban J connectivity index is 2.50. The maximum atomic E-state index is 12.3. The van der Waals surface area contributed by atoms with Gasteiger partial charge in [-0.25, -0.2) is 0 Å². The van der Waals surface area contributed by atoms with Gasteiger partial charge < -0.3 is 0 Å². The molecule has 0 fully saturated rings. The predicted octanol–water partition coefficient (Wildman–Crippen LogP) is 6.51. The van der Waals surface area contributed by atoms with Crippen molar-refractivity contribution in [2.24, 2.45) is 5.92 Å². The van der Waals surface area contributed by atoms with E-state index in [9.17, 15) is 4.79 Å². The number of allylic oxidation sites excluding steroid dienone is 1. The molecule has 0 saturated heterocycles. The largest absolute Gasteiger partial charge is 0.294 e. The van der Waals surface area contributed by atoms with Crippen LogP contribution in [0.3, 0.4) is 0 Å². The minimum absolute atomic E-state index is 0.242. The summed E-state index contributed by atoms with van der Waals surface area (Å²) < 4.78 is 0. The number of Topliss-reactive ketones (excluding diaryl/α,β-unsaturated/α-hetero) is 1. The third-order valence-electron chi connectivity index (χ3n) is 4.44. The molecule has 22 heavy (non-hydrogen) atoms. The van der Waals surface area contributed by atoms with Crippen molar-refractivity contribution in [2.75, 3.05) is 0 Å². The normalized spacial score (nSPS) is 10.9. The maximum Gasteiger partial charge on any atom is 0.163 e. The van der Waals surface area contributed by atoms with Crippen LogP contribution in [-0.2, 0) is 0 Å². The molecule has 0 amide bonds. The fourth-order valence-corrected chi connectivity index (χ4v) is 2.82. The van der Waals surface area contributed by atoms with Crippen molar-refractivity contribution < 1.29 is 4.79 Å². The molecule has 0 aromatic heterocycles. The fraction of sp³-hybridized carbons (Fsp3) is 0.571. The number of aryl methyl sites for hydroxylation is 1. The molecule has 0 atom stereocenters. The molecule has 0 aliphatic heterocycles. The SMILES string of the molecule is C=C(CCC(=O)c1ccc(C)cc1)C(CCCC)CCCC. The highest BCUT2D eigenvalue weighted by molar-refractivity contribution is 5.96. The summed E-state index contributed by atoms with van der Waals surface area (Å²) in [6.07, 6.45) is 8.89. The van der Waals surface area contributed by atoms with Gasteiger partial charge in [0.05, 0.1) is 0 Å². The Labute approximate surface area is 136 Å². The first-order chi connectivity index (χ1) is 10.6. The minimum atomic E-state index is 0.242. The summed E-state index contributed by atoms with van der Waals surface area (Å²) in [6, 6.07) is 7.89. The Bertz CT molecular complexity index is 447. The Kier molecular flexibility index (Phi) is 8.81. The quantitative estimate of drug-likeness (QED) is 0.336. The summed E-state index contributed by atoms with van der Waals surface area (Å²) in [5.41, 5.74) is 3.31. The Morgan fingerprint density at radius 3 is 2.05 bits per heavy atom. The zero-order valence-corrected chi connectivity index (χ0v) is 14.7. The van der Waals surface area contributed by atoms with E-state index in [0.29, 0.717) is 12.3 Å². The van der Waals surface area contributed by atoms with E-state index in [0.717, 1.165) is 12.0 Å². The lowest BCUT2D eigenvalue weighted by molar-refractivity contribution is 0.0982. The second-order valence-corrected chi connectivity index (χ2v) is 6.43. The van der Waals surface area contributed by atoms with Gasteiger partial charge in [0.1, 0.15) is 0 Å². The summed E-state index contributed by atoms with van der Waals surface area (Å²) >= 11 is 0. The van der Waals surface area contributed by atoms with E-state index in [2.05, 4.69) is 20.4 Å². The first-order valence-electron chi connectivity index (χ1n) is 8.86. The van der Waals surface area contributed by atoms with E-state index in [1.54, 1.807) is 0 Å². The Hall–Kier alpha value is -1.37. The van der Waals surface area contributed by atoms with Gasteiger partial charge in [0.2, 0.25) is 0 Å². The number of hydrogen-bond donors (Lipinski definition) is 0. The van der Waals surface area contributed by atoms with Crippen LogP contribution in [0.15, 0.2) is 36.4 Å². The van der Waals surface area contributed by atoms with Crippen molar-refractivity contribution in [3.05, 3.63) is 47.5 Å². The van der Waals surface area contributed by atoms with Crippen LogP contribution in [0.4, 0.5) is 0 Å². The number of carbonyl (C=O) groups is 1. The summed E-state index contributed by atoms with van der Waals surface area (Å²) in [7, 11) is 0. The van der Waals surface area contributed by atoms with Crippen LogP contribution >= 0.6 is 0 Å². The van der Waals surface area contributed by atoms with E-state index in [4.69, 9.17) is 0 Å². The van der Waals surface area contributed by atoms with Crippen molar-refractivity contribution in [1.29, 1.82) is 0 Å². The van der Waals surface area contributed by atoms with Crippen LogP contribution in [0.25, 0.3) is 0 Å². The summed E-state index contributed by atoms with van der Waals surface area (Å²) in [5.74, 6) is 0.844. The number of hydrogen-bond acceptors (Lipinski definition) is 1. The summed E-state index contributed by atoms with van der Waals surface area (Å²) in [4.78, 5) is 12.3. The molecule has 0 heterocycles. The maximum absolute atomic E-state index is 12.3. The molecule has 0 radical (unpaired) electrons. The number of carbonyl (C=O) groups excluding carboxylic acids is 1. The lowest BCUT2D eigenvalue weighted by Gasteiger charge is -2.19. The molecule has 1 aromatic rings. The van der Waals surface area contributed by atoms with E-state index in [1.807, 2.05) is 31.2 Å². The smallest absolute Gasteiger partial charge is 0.163 e. The van der Waals surface area contributed by atoms with E-state index in [-0.39, 0.29) is 5.78 Å². The number of rotatable bonds is 11. The van der Waals surface area contributed by atoms with E-state index >= 15 is 0 Å². The number of benzene rings is 1. The number of unbranched alkanes of at least 4 members (excludes halogenated alkanes) is 2. The van der Waals surface area contributed by atoms with Gasteiger partial charge >= 0.3 is 0 Å². The average Bonchev–Trinajstić information content (AvgIpc) is 2.53. The Morgan fingerprint density at radius 1 is 1.00 bits per heavy atom. The van der Waals surface area contributed by atoms with E-state index in [1.165, 1.54) is 49.7 Å². The zero-order chi connectivity index (χ0) is 16.4. The third-order valence-corrected chi connectivity index (χ3v) is 4.44. The molecular formula is C21H32O. The highest BCUT2D eigenvalue weighted by Crippen LogP contribution is 2.26. The van der Waals surface area contributed by atoms with Crippen molar-refractivity contribution in [1.82, 2.24) is 0 Å². The first-order valence-corrected chi connectivity index (χ1v) is 8.86. The molecule has 0 aliphatic carbocycles. The molecule has 1 rings (SSSR count). The van der Waals surface area contributed by atoms with Crippen molar-refractivity contribution >= 4 is 5.78 Å². The topological polar surface area (TPSA) is 17.1 Å². The molecule has 0 unspecified atom stereocenters. The predicted molar refractivity (Wildman–Crippen MR) is 96.4 cm³/mol. The second-order valence-electron chi connectivity index (χ2n) is 6.43. The first kappa shape index (κ1) is 18.7. The van der Waals surface area contributed by atoms with Crippen LogP contribution in [0.5, 0.6) is 0 Å². The molecule has 0 N–H and O–H groups in total. The molecule has 1 aromatic carbocycles. The third kappa shape index (κ3) is 6.60. The lowest BCUT2D eigenvalue weighted by atomic mass is 9.86. The molecular weight excluding hydrogens is 268 g/mol. The van der Waals surface area contributed by atoms with E-state index < -0.39 is 0 Å². The lowest BCUT2D eigenvalue weighted by Crippen LogP contribution is -2.07. The molecule has 0 saturated carbocycles. The fourth-order valence-electron chi connectivity index (χ4n) is 2.82. The molecule has 1 nitrogen and oxygen atoms in total. The van der Waals surface area contributed by atoms with Crippen LogP contribution in [0.2, 0.25) is 0 Å². The van der Waals surface area contributed by atoms with Crippen molar-refractivity contribution in [3.8, 4) is 0 Å². The zero-order valence-electron chi connectivity index (χ0n) is 14.7. The summed E-state index contributed by atoms with van der Waals surface area (Å²) in [5, 5.41) is 0. The van der Waals surface area contributed by atoms with Crippen LogP contribution in [0.1, 0.15) is 81.1 Å². The molecule has 1 heteroatoms. The van der Waals surface area contributed by atoms with Gasteiger partial charge in [-0.1, -0.05) is 81.5 Å². The number of ketones is 1. The van der Waals surface area contributed by atoms with Gasteiger partial charge in [-0.2, -0.15) is 0 Å². The second kappa shape index (κ2) is 10.4. The van der Waals surface area contributed by atoms with Gasteiger partial charge in [0.25, 0.3) is 0 Å². The molecule has 0 aliphatic rings. The van der Waals surface area contributed by atoms with Crippen molar-refractivity contribution in [2.45, 2.75) is 72.1 Å². The standard InChI is InChI=1S/C21H32O/c1-5-7-9-19(10-8-6-2)18(4)13-16-21(22)20-14-11-17(3)12-15-20/h11-12,14-15,19H,4-10,13,16H2,1-3H3. The molecule has 0 bridgehead atoms. The molecule has 0 spiro atoms. The van der Waals surface area contributed by atoms with Crippen LogP contribution < -0.4 is 0 Å². The summed E-state index contributed by atoms with van der Waals surface area (Å²) in [6.45, 7) is 10.8. The van der Waals surface area contributed by atoms with Crippen molar-refractivity contribution in [3.63, 3.8) is 0 Å². The highest BCUT2D eigenvalue weighted by atomic mass is 16.1. The highest BCUT2D eigenvalue weighted by Gasteiger charge is 2.14. The van der Waals surface area contributed by atoms with Crippen LogP contribution in [-0.4, -0.2) is 5.78 Å². The monoisotopic (exact) mass is 300 g/mol. The van der Waals surface area contributed by atoms with Gasteiger partial charge in [0.15, 0.2) is 5.78 Å². The Morgan fingerprint density at radius 2 is 1.55 bits per heavy atom. The van der Waals surface area contributed by atoms with Gasteiger partial charge in [-0.05, 0) is 32.1 Å². The average molecular weight is 300 g/mol. The van der Waals surface area contributed by atoms with Crippen LogP contribution in [0, 0.1) is 12.8 Å². The van der Waals surface area contributed by atoms with Gasteiger partial charge in [-0.15, -0.1) is 0 Å². The van der Waals surface area contributed by atoms with Gasteiger partial charge in [-0.3, -0.25) is 4.79 Å². The molecule has 122 valence electrons. The minimum Gasteiger partial charge on any atom is -0.294 e. The van der Waals surface area contributed by atoms with Gasteiger partial charge in [0, 0.05) is 12.0 Å².